The molecule has 6 nitrogen and oxygen atoms in total. The van der Waals surface area contributed by atoms with Gasteiger partial charge >= 0.3 is 0 Å². The third kappa shape index (κ3) is 3.57. The topological polar surface area (TPSA) is 90.6 Å². The van der Waals surface area contributed by atoms with Crippen LogP contribution >= 0.6 is 15.9 Å². The van der Waals surface area contributed by atoms with Crippen LogP contribution in [0.4, 0.5) is 0 Å². The van der Waals surface area contributed by atoms with Crippen molar-refractivity contribution in [3.05, 3.63) is 22.7 Å². The molecule has 0 aromatic heterocycles. The van der Waals surface area contributed by atoms with Gasteiger partial charge < -0.3 is 15.2 Å². The maximum absolute atomic E-state index is 12.5. The van der Waals surface area contributed by atoms with Crippen LogP contribution in [0.5, 0.6) is 5.75 Å². The molecule has 1 aromatic rings. The van der Waals surface area contributed by atoms with Gasteiger partial charge in [0.25, 0.3) is 0 Å². The Hall–Kier alpha value is -0.670. The highest BCUT2D eigenvalue weighted by Crippen LogP contribution is 2.30. The van der Waals surface area contributed by atoms with E-state index in [1.165, 1.54) is 13.2 Å². The SMILES string of the molecule is CCOC1CC(N)C1NS(=O)(=O)c1cc(Br)ccc1OC. The van der Waals surface area contributed by atoms with Gasteiger partial charge in [-0.2, -0.15) is 0 Å². The summed E-state index contributed by atoms with van der Waals surface area (Å²) in [5.41, 5.74) is 5.88. The molecule has 2 rings (SSSR count). The summed E-state index contributed by atoms with van der Waals surface area (Å²) in [5, 5.41) is 0. The van der Waals surface area contributed by atoms with Gasteiger partial charge in [0.15, 0.2) is 0 Å². The van der Waals surface area contributed by atoms with Crippen LogP contribution in [-0.4, -0.2) is 40.3 Å². The molecule has 0 spiro atoms. The minimum atomic E-state index is -3.73. The zero-order chi connectivity index (χ0) is 15.6. The van der Waals surface area contributed by atoms with Crippen molar-refractivity contribution in [3.63, 3.8) is 0 Å². The van der Waals surface area contributed by atoms with Gasteiger partial charge in [-0.15, -0.1) is 0 Å². The molecule has 1 saturated carbocycles. The van der Waals surface area contributed by atoms with Crippen molar-refractivity contribution in [2.75, 3.05) is 13.7 Å². The van der Waals surface area contributed by atoms with E-state index >= 15 is 0 Å². The van der Waals surface area contributed by atoms with Crippen molar-refractivity contribution in [2.24, 2.45) is 5.73 Å². The number of nitrogens with two attached hydrogens (primary N) is 1. The molecule has 118 valence electrons. The first-order valence-corrected chi connectivity index (χ1v) is 8.89. The van der Waals surface area contributed by atoms with Crippen LogP contribution in [0.1, 0.15) is 13.3 Å². The molecule has 1 fully saturated rings. The number of nitrogens with one attached hydrogen (secondary N) is 1. The van der Waals surface area contributed by atoms with Gasteiger partial charge in [0.1, 0.15) is 10.6 Å². The Morgan fingerprint density at radius 1 is 1.48 bits per heavy atom. The van der Waals surface area contributed by atoms with Crippen LogP contribution in [-0.2, 0) is 14.8 Å². The molecule has 3 unspecified atom stereocenters. The number of methoxy groups -OCH3 is 1. The lowest BCUT2D eigenvalue weighted by Crippen LogP contribution is -2.64. The Morgan fingerprint density at radius 2 is 2.19 bits per heavy atom. The third-order valence-electron chi connectivity index (χ3n) is 3.45. The van der Waals surface area contributed by atoms with Crippen molar-refractivity contribution in [3.8, 4) is 5.75 Å². The van der Waals surface area contributed by atoms with Crippen LogP contribution in [0, 0.1) is 0 Å². The molecular weight excluding hydrogens is 360 g/mol. The van der Waals surface area contributed by atoms with E-state index in [2.05, 4.69) is 20.7 Å². The fraction of sp³-hybridized carbons (Fsp3) is 0.538. The van der Waals surface area contributed by atoms with Gasteiger partial charge in [-0.3, -0.25) is 0 Å². The maximum atomic E-state index is 12.5. The molecule has 0 amide bonds. The third-order valence-corrected chi connectivity index (χ3v) is 5.43. The summed E-state index contributed by atoms with van der Waals surface area (Å²) in [6.07, 6.45) is 0.467. The largest absolute Gasteiger partial charge is 0.495 e. The van der Waals surface area contributed by atoms with Crippen molar-refractivity contribution in [1.29, 1.82) is 0 Å². The van der Waals surface area contributed by atoms with Crippen molar-refractivity contribution >= 4 is 26.0 Å². The molecule has 21 heavy (non-hydrogen) atoms. The molecule has 3 N–H and O–H groups in total. The smallest absolute Gasteiger partial charge is 0.244 e. The van der Waals surface area contributed by atoms with Gasteiger partial charge in [-0.25, -0.2) is 13.1 Å². The first-order valence-electron chi connectivity index (χ1n) is 6.62. The van der Waals surface area contributed by atoms with Crippen LogP contribution < -0.4 is 15.2 Å². The Bertz CT molecular complexity index is 606. The fourth-order valence-corrected chi connectivity index (χ4v) is 4.32. The van der Waals surface area contributed by atoms with Crippen LogP contribution in [0.15, 0.2) is 27.6 Å². The standard InChI is InChI=1S/C13H19BrN2O4S/c1-3-20-11-7-9(15)13(11)16-21(17,18)12-6-8(14)4-5-10(12)19-2/h4-6,9,11,13,16H,3,7,15H2,1-2H3. The second-order valence-corrected chi connectivity index (χ2v) is 7.43. The summed E-state index contributed by atoms with van der Waals surface area (Å²) in [7, 11) is -2.30. The fourth-order valence-electron chi connectivity index (χ4n) is 2.29. The molecule has 0 aliphatic heterocycles. The highest BCUT2D eigenvalue weighted by Gasteiger charge is 2.42. The Balaban J connectivity index is 2.24. The molecule has 1 aliphatic rings. The highest BCUT2D eigenvalue weighted by molar-refractivity contribution is 9.10. The second-order valence-electron chi connectivity index (χ2n) is 4.84. The lowest BCUT2D eigenvalue weighted by atomic mass is 9.84. The van der Waals surface area contributed by atoms with E-state index in [4.69, 9.17) is 15.2 Å². The molecule has 0 heterocycles. The van der Waals surface area contributed by atoms with E-state index in [0.717, 1.165) is 0 Å². The number of hydrogen-bond donors (Lipinski definition) is 2. The Morgan fingerprint density at radius 3 is 2.76 bits per heavy atom. The normalized spacial score (nSPS) is 25.4. The lowest BCUT2D eigenvalue weighted by Gasteiger charge is -2.42. The number of benzene rings is 1. The number of hydrogen-bond acceptors (Lipinski definition) is 5. The first kappa shape index (κ1) is 16.7. The predicted octanol–water partition coefficient (Wildman–Crippen LogP) is 1.24. The monoisotopic (exact) mass is 378 g/mol. The quantitative estimate of drug-likeness (QED) is 0.776. The molecule has 8 heteroatoms. The van der Waals surface area contributed by atoms with Crippen LogP contribution in [0.2, 0.25) is 0 Å². The second kappa shape index (κ2) is 6.62. The average Bonchev–Trinajstić information content (AvgIpc) is 2.45. The van der Waals surface area contributed by atoms with Crippen molar-refractivity contribution in [1.82, 2.24) is 4.72 Å². The number of rotatable bonds is 6. The molecule has 0 bridgehead atoms. The van der Waals surface area contributed by atoms with Gasteiger partial charge in [-0.05, 0) is 31.5 Å². The van der Waals surface area contributed by atoms with Gasteiger partial charge in [0, 0.05) is 17.1 Å². The molecular formula is C13H19BrN2O4S. The van der Waals surface area contributed by atoms with Crippen molar-refractivity contribution < 1.29 is 17.9 Å². The minimum Gasteiger partial charge on any atom is -0.495 e. The maximum Gasteiger partial charge on any atom is 0.244 e. The zero-order valence-corrected chi connectivity index (χ0v) is 14.3. The summed E-state index contributed by atoms with van der Waals surface area (Å²) < 4.78 is 38.9. The lowest BCUT2D eigenvalue weighted by molar-refractivity contribution is -0.0248. The van der Waals surface area contributed by atoms with Gasteiger partial charge in [0.05, 0.1) is 19.3 Å². The molecule has 1 aliphatic carbocycles. The van der Waals surface area contributed by atoms with E-state index in [9.17, 15) is 8.42 Å². The van der Waals surface area contributed by atoms with E-state index in [1.807, 2.05) is 6.92 Å². The molecule has 3 atom stereocenters. The van der Waals surface area contributed by atoms with Crippen molar-refractivity contribution in [2.45, 2.75) is 36.4 Å². The molecule has 0 radical (unpaired) electrons. The summed E-state index contributed by atoms with van der Waals surface area (Å²) in [6.45, 7) is 2.39. The van der Waals surface area contributed by atoms with Gasteiger partial charge in [-0.1, -0.05) is 15.9 Å². The van der Waals surface area contributed by atoms with E-state index in [1.54, 1.807) is 12.1 Å². The summed E-state index contributed by atoms with van der Waals surface area (Å²) >= 11 is 3.27. The van der Waals surface area contributed by atoms with Gasteiger partial charge in [0.2, 0.25) is 10.0 Å². The highest BCUT2D eigenvalue weighted by atomic mass is 79.9. The molecule has 0 saturated heterocycles. The summed E-state index contributed by atoms with van der Waals surface area (Å²) in [5.74, 6) is 0.284. The first-order chi connectivity index (χ1) is 9.89. The Kier molecular flexibility index (Phi) is 5.26. The summed E-state index contributed by atoms with van der Waals surface area (Å²) in [4.78, 5) is 0.0775. The van der Waals surface area contributed by atoms with E-state index < -0.39 is 16.1 Å². The zero-order valence-electron chi connectivity index (χ0n) is 11.9. The average molecular weight is 379 g/mol. The predicted molar refractivity (Wildman–Crippen MR) is 82.8 cm³/mol. The number of ether oxygens (including phenoxy) is 2. The number of halogens is 1. The minimum absolute atomic E-state index is 0.0775. The Labute approximate surface area is 133 Å². The number of sulfonamides is 1. The van der Waals surface area contributed by atoms with Crippen LogP contribution in [0.25, 0.3) is 0 Å². The van der Waals surface area contributed by atoms with E-state index in [-0.39, 0.29) is 22.8 Å². The van der Waals surface area contributed by atoms with Crippen LogP contribution in [0.3, 0.4) is 0 Å². The summed E-state index contributed by atoms with van der Waals surface area (Å²) in [6, 6.07) is 4.16. The molecule has 1 aromatic carbocycles. The van der Waals surface area contributed by atoms with E-state index in [0.29, 0.717) is 17.5 Å².